The molecule has 0 unspecified atom stereocenters. The smallest absolute Gasteiger partial charge is 0.192 e. The molecule has 0 aliphatic rings. The van der Waals surface area contributed by atoms with E-state index < -0.39 is 0 Å². The van der Waals surface area contributed by atoms with Gasteiger partial charge in [0, 0.05) is 5.56 Å². The van der Waals surface area contributed by atoms with E-state index in [2.05, 4.69) is 19.2 Å². The SMILES string of the molecule is C=CCc1cc(O)cc(-c2cc(CC=C)ccc2OI)c1. The highest BCUT2D eigenvalue weighted by Crippen LogP contribution is 2.35. The summed E-state index contributed by atoms with van der Waals surface area (Å²) in [5.41, 5.74) is 4.08. The van der Waals surface area contributed by atoms with E-state index in [9.17, 15) is 5.11 Å². The van der Waals surface area contributed by atoms with Gasteiger partial charge in [-0.25, -0.2) is 0 Å². The van der Waals surface area contributed by atoms with Crippen molar-refractivity contribution >= 4 is 23.0 Å². The lowest BCUT2D eigenvalue weighted by molar-refractivity contribution is 0.475. The molecule has 0 atom stereocenters. The number of phenols is 1. The van der Waals surface area contributed by atoms with Crippen molar-refractivity contribution in [1.29, 1.82) is 0 Å². The van der Waals surface area contributed by atoms with Gasteiger partial charge in [0.2, 0.25) is 0 Å². The van der Waals surface area contributed by atoms with Gasteiger partial charge in [-0.05, 0) is 53.8 Å². The summed E-state index contributed by atoms with van der Waals surface area (Å²) in [6.45, 7) is 7.51. The molecule has 0 aliphatic carbocycles. The molecule has 0 heterocycles. The zero-order chi connectivity index (χ0) is 15.2. The van der Waals surface area contributed by atoms with Crippen molar-refractivity contribution in [3.8, 4) is 22.6 Å². The third-order valence-corrected chi connectivity index (χ3v) is 3.65. The van der Waals surface area contributed by atoms with Gasteiger partial charge in [0.1, 0.15) is 11.5 Å². The van der Waals surface area contributed by atoms with E-state index in [1.165, 1.54) is 0 Å². The van der Waals surface area contributed by atoms with Crippen LogP contribution in [0.1, 0.15) is 11.1 Å². The summed E-state index contributed by atoms with van der Waals surface area (Å²) in [6, 6.07) is 11.6. The molecule has 3 heteroatoms. The summed E-state index contributed by atoms with van der Waals surface area (Å²) in [7, 11) is 0. The van der Waals surface area contributed by atoms with E-state index in [1.807, 2.05) is 53.4 Å². The molecule has 2 rings (SSSR count). The summed E-state index contributed by atoms with van der Waals surface area (Å²) in [5.74, 6) is 1.02. The molecule has 1 N–H and O–H groups in total. The number of hydrogen-bond donors (Lipinski definition) is 1. The van der Waals surface area contributed by atoms with Crippen molar-refractivity contribution in [3.05, 3.63) is 72.8 Å². The van der Waals surface area contributed by atoms with Crippen LogP contribution in [0.15, 0.2) is 61.7 Å². The van der Waals surface area contributed by atoms with Gasteiger partial charge in [0.15, 0.2) is 23.0 Å². The zero-order valence-corrected chi connectivity index (χ0v) is 13.8. The van der Waals surface area contributed by atoms with E-state index >= 15 is 0 Å². The average molecular weight is 392 g/mol. The molecule has 0 aliphatic heterocycles. The lowest BCUT2D eigenvalue weighted by Crippen LogP contribution is -1.89. The van der Waals surface area contributed by atoms with E-state index in [-0.39, 0.29) is 5.75 Å². The van der Waals surface area contributed by atoms with Crippen LogP contribution in [0.2, 0.25) is 0 Å². The fraction of sp³-hybridized carbons (Fsp3) is 0.111. The van der Waals surface area contributed by atoms with Gasteiger partial charge in [-0.2, -0.15) is 0 Å². The summed E-state index contributed by atoms with van der Waals surface area (Å²) >= 11 is 1.87. The predicted molar refractivity (Wildman–Crippen MR) is 96.0 cm³/mol. The van der Waals surface area contributed by atoms with Crippen LogP contribution in [0.3, 0.4) is 0 Å². The maximum absolute atomic E-state index is 9.92. The molecular weight excluding hydrogens is 375 g/mol. The molecule has 0 bridgehead atoms. The highest BCUT2D eigenvalue weighted by atomic mass is 127. The molecule has 21 heavy (non-hydrogen) atoms. The molecule has 0 amide bonds. The number of phenolic OH excluding ortho intramolecular Hbond substituents is 1. The van der Waals surface area contributed by atoms with Crippen LogP contribution in [0, 0.1) is 0 Å². The van der Waals surface area contributed by atoms with E-state index in [0.717, 1.165) is 34.4 Å². The average Bonchev–Trinajstić information content (AvgIpc) is 2.47. The van der Waals surface area contributed by atoms with Crippen LogP contribution in [-0.2, 0) is 12.8 Å². The first-order valence-electron chi connectivity index (χ1n) is 6.64. The van der Waals surface area contributed by atoms with Crippen LogP contribution >= 0.6 is 23.0 Å². The molecule has 0 saturated carbocycles. The maximum Gasteiger partial charge on any atom is 0.192 e. The molecule has 2 nitrogen and oxygen atoms in total. The molecule has 0 aromatic heterocycles. The number of aromatic hydroxyl groups is 1. The number of allylic oxidation sites excluding steroid dienone is 2. The van der Waals surface area contributed by atoms with Crippen molar-refractivity contribution in [2.24, 2.45) is 0 Å². The van der Waals surface area contributed by atoms with Gasteiger partial charge in [-0.3, -0.25) is 0 Å². The highest BCUT2D eigenvalue weighted by Gasteiger charge is 2.09. The van der Waals surface area contributed by atoms with Crippen LogP contribution < -0.4 is 3.07 Å². The Morgan fingerprint density at radius 2 is 1.71 bits per heavy atom. The van der Waals surface area contributed by atoms with Crippen molar-refractivity contribution in [2.45, 2.75) is 12.8 Å². The second kappa shape index (κ2) is 7.31. The molecule has 0 saturated heterocycles. The molecule has 2 aromatic carbocycles. The third kappa shape index (κ3) is 3.88. The number of halogens is 1. The fourth-order valence-electron chi connectivity index (χ4n) is 2.28. The van der Waals surface area contributed by atoms with Crippen LogP contribution in [0.5, 0.6) is 11.5 Å². The van der Waals surface area contributed by atoms with Crippen LogP contribution in [-0.4, -0.2) is 5.11 Å². The second-order valence-corrected chi connectivity index (χ2v) is 5.22. The van der Waals surface area contributed by atoms with E-state index in [4.69, 9.17) is 3.07 Å². The Labute approximate surface area is 139 Å². The monoisotopic (exact) mass is 392 g/mol. The van der Waals surface area contributed by atoms with Crippen molar-refractivity contribution in [2.75, 3.05) is 0 Å². The van der Waals surface area contributed by atoms with Crippen LogP contribution in [0.4, 0.5) is 0 Å². The molecular formula is C18H17IO2. The van der Waals surface area contributed by atoms with E-state index in [1.54, 1.807) is 12.1 Å². The Hall–Kier alpha value is -1.75. The Balaban J connectivity index is 2.55. The third-order valence-electron chi connectivity index (χ3n) is 3.18. The molecule has 0 fully saturated rings. The second-order valence-electron chi connectivity index (χ2n) is 4.78. The largest absolute Gasteiger partial charge is 0.508 e. The summed E-state index contributed by atoms with van der Waals surface area (Å²) in [4.78, 5) is 0. The Morgan fingerprint density at radius 3 is 2.38 bits per heavy atom. The minimum atomic E-state index is 0.248. The van der Waals surface area contributed by atoms with Crippen molar-refractivity contribution in [3.63, 3.8) is 0 Å². The first-order valence-corrected chi connectivity index (χ1v) is 7.52. The minimum Gasteiger partial charge on any atom is -0.508 e. The Kier molecular flexibility index (Phi) is 5.44. The standard InChI is InChI=1S/C18H17IO2/c1-3-5-13-7-8-18(21-19)17(11-13)15-9-14(6-4-2)10-16(20)12-15/h3-4,7-12,20H,1-2,5-6H2. The molecule has 108 valence electrons. The van der Waals surface area contributed by atoms with Gasteiger partial charge in [0.25, 0.3) is 0 Å². The first kappa shape index (κ1) is 15.6. The van der Waals surface area contributed by atoms with Crippen molar-refractivity contribution in [1.82, 2.24) is 0 Å². The normalized spacial score (nSPS) is 10.1. The Bertz CT molecular complexity index is 662. The maximum atomic E-state index is 9.92. The van der Waals surface area contributed by atoms with Gasteiger partial charge in [0.05, 0.1) is 0 Å². The first-order chi connectivity index (χ1) is 10.2. The Morgan fingerprint density at radius 1 is 1.00 bits per heavy atom. The topological polar surface area (TPSA) is 29.5 Å². The van der Waals surface area contributed by atoms with Crippen LogP contribution in [0.25, 0.3) is 11.1 Å². The highest BCUT2D eigenvalue weighted by molar-refractivity contribution is 14.1. The number of benzene rings is 2. The quantitative estimate of drug-likeness (QED) is 0.538. The fourth-order valence-corrected chi connectivity index (χ4v) is 2.66. The van der Waals surface area contributed by atoms with Crippen molar-refractivity contribution < 1.29 is 8.17 Å². The molecule has 0 spiro atoms. The number of rotatable bonds is 6. The molecule has 0 radical (unpaired) electrons. The summed E-state index contributed by atoms with van der Waals surface area (Å²) in [5, 5.41) is 9.92. The minimum absolute atomic E-state index is 0.248. The summed E-state index contributed by atoms with van der Waals surface area (Å²) < 4.78 is 5.41. The lowest BCUT2D eigenvalue weighted by atomic mass is 9.98. The van der Waals surface area contributed by atoms with Gasteiger partial charge < -0.3 is 8.17 Å². The lowest BCUT2D eigenvalue weighted by Gasteiger charge is -2.11. The predicted octanol–water partition coefficient (Wildman–Crippen LogP) is 5.25. The summed E-state index contributed by atoms with van der Waals surface area (Å²) in [6.07, 6.45) is 5.21. The zero-order valence-electron chi connectivity index (χ0n) is 11.7. The molecule has 2 aromatic rings. The van der Waals surface area contributed by atoms with Gasteiger partial charge >= 0.3 is 0 Å². The van der Waals surface area contributed by atoms with E-state index in [0.29, 0.717) is 6.42 Å². The van der Waals surface area contributed by atoms with Gasteiger partial charge in [-0.1, -0.05) is 24.3 Å². The number of hydrogen-bond acceptors (Lipinski definition) is 2. The van der Waals surface area contributed by atoms with Gasteiger partial charge in [-0.15, -0.1) is 13.2 Å².